The van der Waals surface area contributed by atoms with Gasteiger partial charge in [-0.2, -0.15) is 0 Å². The van der Waals surface area contributed by atoms with E-state index in [4.69, 9.17) is 5.73 Å². The van der Waals surface area contributed by atoms with Crippen LogP contribution in [0.3, 0.4) is 0 Å². The van der Waals surface area contributed by atoms with Crippen LogP contribution in [0.4, 0.5) is 4.79 Å². The molecular weight excluding hydrogens is 308 g/mol. The molecule has 1 heterocycles. The molecular formula is C17H30N4O3. The quantitative estimate of drug-likeness (QED) is 0.525. The Morgan fingerprint density at radius 1 is 1.33 bits per heavy atom. The highest BCUT2D eigenvalue weighted by Gasteiger charge is 2.37. The number of carbonyl (C=O) groups excluding carboxylic acids is 3. The van der Waals surface area contributed by atoms with Crippen LogP contribution >= 0.6 is 0 Å². The lowest BCUT2D eigenvalue weighted by Crippen LogP contribution is -2.60. The first-order valence-electron chi connectivity index (χ1n) is 8.86. The van der Waals surface area contributed by atoms with Crippen LogP contribution < -0.4 is 16.4 Å². The van der Waals surface area contributed by atoms with E-state index in [-0.39, 0.29) is 11.5 Å². The van der Waals surface area contributed by atoms with E-state index >= 15 is 0 Å². The number of hydrogen-bond donors (Lipinski definition) is 3. The van der Waals surface area contributed by atoms with Crippen molar-refractivity contribution in [1.29, 1.82) is 0 Å². The molecule has 1 aliphatic carbocycles. The maximum Gasteiger partial charge on any atom is 0.316 e. The molecule has 0 bridgehead atoms. The number of hydrogen-bond acceptors (Lipinski definition) is 4. The monoisotopic (exact) mass is 338 g/mol. The molecule has 1 saturated carbocycles. The Morgan fingerprint density at radius 3 is 2.67 bits per heavy atom. The third kappa shape index (κ3) is 4.26. The number of aldehydes is 1. The lowest BCUT2D eigenvalue weighted by atomic mass is 9.78. The van der Waals surface area contributed by atoms with Crippen molar-refractivity contribution in [3.8, 4) is 0 Å². The fourth-order valence-electron chi connectivity index (χ4n) is 4.05. The van der Waals surface area contributed by atoms with Crippen molar-refractivity contribution in [3.63, 3.8) is 0 Å². The fourth-order valence-corrected chi connectivity index (χ4v) is 4.05. The Kier molecular flexibility index (Phi) is 5.85. The number of likely N-dealkylation sites (tertiary alicyclic amines) is 1. The van der Waals surface area contributed by atoms with E-state index in [1.165, 1.54) is 11.3 Å². The summed E-state index contributed by atoms with van der Waals surface area (Å²) >= 11 is 0. The first-order chi connectivity index (χ1) is 11.3. The van der Waals surface area contributed by atoms with Crippen LogP contribution in [0, 0.1) is 11.8 Å². The Morgan fingerprint density at radius 2 is 2.04 bits per heavy atom. The van der Waals surface area contributed by atoms with Gasteiger partial charge in [-0.25, -0.2) is 4.79 Å². The van der Waals surface area contributed by atoms with Gasteiger partial charge in [0.2, 0.25) is 0 Å². The fraction of sp³-hybridized carbons (Fsp3) is 0.824. The highest BCUT2D eigenvalue weighted by molar-refractivity contribution is 5.88. The summed E-state index contributed by atoms with van der Waals surface area (Å²) in [4.78, 5) is 37.3. The summed E-state index contributed by atoms with van der Waals surface area (Å²) in [6.07, 6.45) is 4.51. The molecule has 5 atom stereocenters. The minimum atomic E-state index is -1.14. The first-order valence-corrected chi connectivity index (χ1v) is 8.86. The molecule has 24 heavy (non-hydrogen) atoms. The van der Waals surface area contributed by atoms with Crippen LogP contribution in [-0.2, 0) is 9.59 Å². The van der Waals surface area contributed by atoms with E-state index in [1.807, 2.05) is 13.8 Å². The third-order valence-corrected chi connectivity index (χ3v) is 5.38. The van der Waals surface area contributed by atoms with E-state index < -0.39 is 24.1 Å². The smallest absolute Gasteiger partial charge is 0.316 e. The van der Waals surface area contributed by atoms with Gasteiger partial charge in [-0.1, -0.05) is 26.7 Å². The molecule has 0 aromatic carbocycles. The summed E-state index contributed by atoms with van der Waals surface area (Å²) in [5.74, 6) is 0.280. The maximum absolute atomic E-state index is 12.4. The zero-order valence-electron chi connectivity index (χ0n) is 14.9. The average molecular weight is 338 g/mol. The summed E-state index contributed by atoms with van der Waals surface area (Å²) in [5.41, 5.74) is 5.59. The van der Waals surface area contributed by atoms with Gasteiger partial charge < -0.3 is 26.1 Å². The van der Waals surface area contributed by atoms with Crippen molar-refractivity contribution in [2.45, 2.75) is 70.6 Å². The predicted molar refractivity (Wildman–Crippen MR) is 91.0 cm³/mol. The molecule has 2 rings (SSSR count). The average Bonchev–Trinajstić information content (AvgIpc) is 2.86. The second kappa shape index (κ2) is 7.51. The van der Waals surface area contributed by atoms with Crippen LogP contribution in [-0.4, -0.2) is 47.4 Å². The molecule has 0 aromatic rings. The topological polar surface area (TPSA) is 105 Å². The van der Waals surface area contributed by atoms with Gasteiger partial charge in [-0.3, -0.25) is 4.79 Å². The molecule has 3 amide bonds. The van der Waals surface area contributed by atoms with Crippen LogP contribution in [0.2, 0.25) is 0 Å². The lowest BCUT2D eigenvalue weighted by Gasteiger charge is -2.38. The van der Waals surface area contributed by atoms with Gasteiger partial charge in [0, 0.05) is 12.1 Å². The van der Waals surface area contributed by atoms with Gasteiger partial charge in [0.1, 0.15) is 6.29 Å². The second-order valence-electron chi connectivity index (χ2n) is 7.76. The molecule has 0 radical (unpaired) electrons. The largest absolute Gasteiger partial charge is 0.333 e. The number of nitrogens with two attached hydrogens (primary N) is 1. The van der Waals surface area contributed by atoms with Crippen LogP contribution in [0.15, 0.2) is 0 Å². The molecule has 2 fully saturated rings. The number of amides is 3. The second-order valence-corrected chi connectivity index (χ2v) is 7.76. The Hall–Kier alpha value is -1.63. The van der Waals surface area contributed by atoms with Gasteiger partial charge in [-0.15, -0.1) is 0 Å². The van der Waals surface area contributed by atoms with Crippen molar-refractivity contribution >= 4 is 18.2 Å². The molecule has 2 unspecified atom stereocenters. The molecule has 7 heteroatoms. The predicted octanol–water partition coefficient (Wildman–Crippen LogP) is 0.975. The van der Waals surface area contributed by atoms with Crippen LogP contribution in [0.1, 0.15) is 52.9 Å². The standard InChI is InChI=1S/C17H30N4O3/c1-11-5-4-7-17(3,9-11)20-16(24)19-14(18)15(23)21-8-6-12(2)13(21)10-22/h10-14H,4-9,18H2,1-3H3,(H2,19,20,24)/t11?,12-,13?,14+,17+/m0/s1. The van der Waals surface area contributed by atoms with Crippen molar-refractivity contribution in [1.82, 2.24) is 15.5 Å². The molecule has 0 spiro atoms. The number of rotatable bonds is 4. The van der Waals surface area contributed by atoms with Crippen LogP contribution in [0.5, 0.6) is 0 Å². The van der Waals surface area contributed by atoms with Gasteiger partial charge in [-0.05, 0) is 38.0 Å². The van der Waals surface area contributed by atoms with Crippen molar-refractivity contribution in [2.75, 3.05) is 6.54 Å². The van der Waals surface area contributed by atoms with E-state index in [9.17, 15) is 14.4 Å². The highest BCUT2D eigenvalue weighted by Crippen LogP contribution is 2.31. The summed E-state index contributed by atoms with van der Waals surface area (Å²) in [7, 11) is 0. The van der Waals surface area contributed by atoms with Crippen molar-refractivity contribution in [3.05, 3.63) is 0 Å². The number of carbonyl (C=O) groups is 3. The van der Waals surface area contributed by atoms with E-state index in [1.54, 1.807) is 0 Å². The normalized spacial score (nSPS) is 34.5. The lowest BCUT2D eigenvalue weighted by molar-refractivity contribution is -0.136. The zero-order chi connectivity index (χ0) is 17.9. The number of nitrogens with zero attached hydrogens (tertiary/aromatic N) is 1. The summed E-state index contributed by atoms with van der Waals surface area (Å²) in [5, 5.41) is 5.49. The van der Waals surface area contributed by atoms with Crippen LogP contribution in [0.25, 0.3) is 0 Å². The Bertz CT molecular complexity index is 498. The number of urea groups is 1. The molecule has 1 aliphatic heterocycles. The third-order valence-electron chi connectivity index (χ3n) is 5.38. The van der Waals surface area contributed by atoms with Gasteiger partial charge >= 0.3 is 6.03 Å². The number of nitrogens with one attached hydrogen (secondary N) is 2. The van der Waals surface area contributed by atoms with Gasteiger partial charge in [0.05, 0.1) is 6.04 Å². The molecule has 136 valence electrons. The highest BCUT2D eigenvalue weighted by atomic mass is 16.2. The Balaban J connectivity index is 1.89. The van der Waals surface area contributed by atoms with Gasteiger partial charge in [0.15, 0.2) is 6.17 Å². The molecule has 7 nitrogen and oxygen atoms in total. The summed E-state index contributed by atoms with van der Waals surface area (Å²) in [6, 6.07) is -0.882. The van der Waals surface area contributed by atoms with Crippen molar-refractivity contribution < 1.29 is 14.4 Å². The van der Waals surface area contributed by atoms with E-state index in [2.05, 4.69) is 17.6 Å². The zero-order valence-corrected chi connectivity index (χ0v) is 14.9. The molecule has 4 N–H and O–H groups in total. The molecule has 1 saturated heterocycles. The summed E-state index contributed by atoms with van der Waals surface area (Å²) < 4.78 is 0. The van der Waals surface area contributed by atoms with E-state index in [0.717, 1.165) is 32.0 Å². The van der Waals surface area contributed by atoms with Crippen molar-refractivity contribution in [2.24, 2.45) is 17.6 Å². The first kappa shape index (κ1) is 18.7. The minimum absolute atomic E-state index is 0.120. The molecule has 0 aromatic heterocycles. The minimum Gasteiger partial charge on any atom is -0.333 e. The van der Waals surface area contributed by atoms with E-state index in [0.29, 0.717) is 12.5 Å². The molecule has 2 aliphatic rings. The SMILES string of the molecule is CC1CCC[C@@](C)(NC(=O)N[C@@H](N)C(=O)N2CC[C@H](C)C2C=O)C1. The van der Waals surface area contributed by atoms with Gasteiger partial charge in [0.25, 0.3) is 5.91 Å². The maximum atomic E-state index is 12.4. The Labute approximate surface area is 143 Å². The summed E-state index contributed by atoms with van der Waals surface area (Å²) in [6.45, 7) is 6.64.